The largest absolute Gasteiger partial charge is 0.330 e. The van der Waals surface area contributed by atoms with Crippen LogP contribution in [0.5, 0.6) is 0 Å². The molecule has 0 bridgehead atoms. The Labute approximate surface area is 104 Å². The number of nitrogens with two attached hydrogens (primary N) is 1. The van der Waals surface area contributed by atoms with Crippen LogP contribution in [0.15, 0.2) is 23.4 Å². The number of halogens is 1. The van der Waals surface area contributed by atoms with E-state index in [2.05, 4.69) is 9.55 Å². The normalized spacial score (nSPS) is 11.2. The first-order valence-corrected chi connectivity index (χ1v) is 6.53. The lowest BCUT2D eigenvalue weighted by molar-refractivity contribution is 0.812. The van der Waals surface area contributed by atoms with Crippen molar-refractivity contribution in [3.63, 3.8) is 0 Å². The number of fused-ring (bicyclic) bond motifs is 1. The lowest BCUT2D eigenvalue weighted by Crippen LogP contribution is -2.00. The molecule has 16 heavy (non-hydrogen) atoms. The summed E-state index contributed by atoms with van der Waals surface area (Å²) in [5.74, 6) is 1.00. The zero-order chi connectivity index (χ0) is 11.5. The van der Waals surface area contributed by atoms with Crippen LogP contribution in [0.25, 0.3) is 11.0 Å². The minimum Gasteiger partial charge on any atom is -0.330 e. The number of benzene rings is 1. The third kappa shape index (κ3) is 2.34. The van der Waals surface area contributed by atoms with Gasteiger partial charge in [0.15, 0.2) is 5.16 Å². The van der Waals surface area contributed by atoms with Gasteiger partial charge >= 0.3 is 0 Å². The van der Waals surface area contributed by atoms with Crippen molar-refractivity contribution in [1.82, 2.24) is 9.55 Å². The van der Waals surface area contributed by atoms with Crippen LogP contribution in [0.3, 0.4) is 0 Å². The highest BCUT2D eigenvalue weighted by atomic mass is 35.5. The van der Waals surface area contributed by atoms with Crippen molar-refractivity contribution in [3.05, 3.63) is 23.2 Å². The maximum absolute atomic E-state index is 5.93. The molecule has 1 heterocycles. The molecule has 0 radical (unpaired) electrons. The molecule has 3 nitrogen and oxygen atoms in total. The van der Waals surface area contributed by atoms with Crippen LogP contribution in [0.1, 0.15) is 6.42 Å². The topological polar surface area (TPSA) is 43.8 Å². The number of rotatable bonds is 4. The maximum atomic E-state index is 5.93. The third-order valence-corrected chi connectivity index (χ3v) is 3.73. The van der Waals surface area contributed by atoms with Crippen molar-refractivity contribution in [2.75, 3.05) is 12.3 Å². The molecule has 0 fully saturated rings. The van der Waals surface area contributed by atoms with Crippen molar-refractivity contribution in [3.8, 4) is 0 Å². The summed E-state index contributed by atoms with van der Waals surface area (Å²) in [6.45, 7) is 0.725. The number of imidazole rings is 1. The van der Waals surface area contributed by atoms with E-state index in [1.54, 1.807) is 11.8 Å². The Morgan fingerprint density at radius 3 is 3.06 bits per heavy atom. The number of nitrogens with zero attached hydrogens (tertiary/aromatic N) is 2. The number of thioether (sulfide) groups is 1. The second kappa shape index (κ2) is 5.08. The molecule has 0 aliphatic rings. The summed E-state index contributed by atoms with van der Waals surface area (Å²) < 4.78 is 2.09. The molecule has 2 rings (SSSR count). The fourth-order valence-corrected chi connectivity index (χ4v) is 2.64. The average molecular weight is 256 g/mol. The Morgan fingerprint density at radius 2 is 2.31 bits per heavy atom. The van der Waals surface area contributed by atoms with E-state index in [4.69, 9.17) is 17.3 Å². The molecular formula is C11H14ClN3S. The Kier molecular flexibility index (Phi) is 3.74. The molecule has 0 aliphatic carbocycles. The molecule has 0 unspecified atom stereocenters. The first-order chi connectivity index (χ1) is 7.72. The van der Waals surface area contributed by atoms with E-state index in [1.165, 1.54) is 0 Å². The average Bonchev–Trinajstić information content (AvgIpc) is 2.56. The summed E-state index contributed by atoms with van der Waals surface area (Å²) in [6, 6.07) is 5.78. The number of aryl methyl sites for hydroxylation is 1. The molecule has 2 aromatic rings. The van der Waals surface area contributed by atoms with E-state index in [1.807, 2.05) is 25.2 Å². The van der Waals surface area contributed by atoms with Gasteiger partial charge in [-0.05, 0) is 31.2 Å². The van der Waals surface area contributed by atoms with Crippen molar-refractivity contribution < 1.29 is 0 Å². The van der Waals surface area contributed by atoms with Crippen molar-refractivity contribution in [1.29, 1.82) is 0 Å². The second-order valence-electron chi connectivity index (χ2n) is 3.58. The minimum absolute atomic E-state index is 0.725. The van der Waals surface area contributed by atoms with E-state index in [0.29, 0.717) is 0 Å². The van der Waals surface area contributed by atoms with E-state index < -0.39 is 0 Å². The highest BCUT2D eigenvalue weighted by Gasteiger charge is 2.07. The van der Waals surface area contributed by atoms with Gasteiger partial charge in [-0.25, -0.2) is 4.98 Å². The number of hydrogen-bond donors (Lipinski definition) is 1. The Morgan fingerprint density at radius 1 is 1.50 bits per heavy atom. The van der Waals surface area contributed by atoms with Crippen LogP contribution < -0.4 is 5.73 Å². The van der Waals surface area contributed by atoms with Crippen molar-refractivity contribution in [2.24, 2.45) is 12.8 Å². The molecule has 0 saturated carbocycles. The van der Waals surface area contributed by atoms with Gasteiger partial charge in [-0.1, -0.05) is 23.4 Å². The zero-order valence-electron chi connectivity index (χ0n) is 9.11. The van der Waals surface area contributed by atoms with E-state index >= 15 is 0 Å². The lowest BCUT2D eigenvalue weighted by atomic mass is 10.3. The summed E-state index contributed by atoms with van der Waals surface area (Å²) in [4.78, 5) is 4.55. The van der Waals surface area contributed by atoms with Gasteiger partial charge in [0.25, 0.3) is 0 Å². The Balaban J connectivity index is 2.29. The van der Waals surface area contributed by atoms with Gasteiger partial charge in [0.2, 0.25) is 0 Å². The molecule has 86 valence electrons. The molecule has 5 heteroatoms. The summed E-state index contributed by atoms with van der Waals surface area (Å²) in [5.41, 5.74) is 7.53. The smallest absolute Gasteiger partial charge is 0.168 e. The molecule has 0 spiro atoms. The summed E-state index contributed by atoms with van der Waals surface area (Å²) in [6.07, 6.45) is 1.01. The van der Waals surface area contributed by atoms with Crippen LogP contribution >= 0.6 is 23.4 Å². The van der Waals surface area contributed by atoms with Crippen LogP contribution in [-0.4, -0.2) is 21.8 Å². The van der Waals surface area contributed by atoms with E-state index in [0.717, 1.165) is 39.9 Å². The molecule has 2 N–H and O–H groups in total. The van der Waals surface area contributed by atoms with Crippen LogP contribution in [0.2, 0.25) is 5.02 Å². The van der Waals surface area contributed by atoms with Crippen molar-refractivity contribution >= 4 is 34.4 Å². The van der Waals surface area contributed by atoms with Gasteiger partial charge in [-0.15, -0.1) is 0 Å². The van der Waals surface area contributed by atoms with Gasteiger partial charge in [0.1, 0.15) is 0 Å². The van der Waals surface area contributed by atoms with Gasteiger partial charge in [-0.3, -0.25) is 0 Å². The molecule has 0 aliphatic heterocycles. The second-order valence-corrected chi connectivity index (χ2v) is 5.08. The standard InChI is InChI=1S/C11H14ClN3S/c1-15-10-4-3-8(12)7-9(10)14-11(15)16-6-2-5-13/h3-4,7H,2,5-6,13H2,1H3. The molecule has 1 aromatic heterocycles. The first kappa shape index (κ1) is 11.8. The third-order valence-electron chi connectivity index (χ3n) is 2.38. The predicted molar refractivity (Wildman–Crippen MR) is 70.1 cm³/mol. The summed E-state index contributed by atoms with van der Waals surface area (Å²) in [7, 11) is 2.02. The highest BCUT2D eigenvalue weighted by molar-refractivity contribution is 7.99. The van der Waals surface area contributed by atoms with Gasteiger partial charge < -0.3 is 10.3 Å². The summed E-state index contributed by atoms with van der Waals surface area (Å²) in [5, 5.41) is 1.75. The molecule has 0 amide bonds. The number of aromatic nitrogens is 2. The van der Waals surface area contributed by atoms with Crippen molar-refractivity contribution in [2.45, 2.75) is 11.6 Å². The van der Waals surface area contributed by atoms with Gasteiger partial charge in [0.05, 0.1) is 11.0 Å². The van der Waals surface area contributed by atoms with E-state index in [9.17, 15) is 0 Å². The van der Waals surface area contributed by atoms with Crippen LogP contribution in [0.4, 0.5) is 0 Å². The van der Waals surface area contributed by atoms with E-state index in [-0.39, 0.29) is 0 Å². The summed E-state index contributed by atoms with van der Waals surface area (Å²) >= 11 is 7.67. The quantitative estimate of drug-likeness (QED) is 0.675. The molecule has 0 atom stereocenters. The predicted octanol–water partition coefficient (Wildman–Crippen LogP) is 2.67. The zero-order valence-corrected chi connectivity index (χ0v) is 10.7. The molecule has 0 saturated heterocycles. The lowest BCUT2D eigenvalue weighted by Gasteiger charge is -2.00. The van der Waals surface area contributed by atoms with Gasteiger partial charge in [-0.2, -0.15) is 0 Å². The minimum atomic E-state index is 0.725. The van der Waals surface area contributed by atoms with Crippen LogP contribution in [-0.2, 0) is 7.05 Å². The first-order valence-electron chi connectivity index (χ1n) is 5.17. The monoisotopic (exact) mass is 255 g/mol. The Hall–Kier alpha value is -0.710. The fraction of sp³-hybridized carbons (Fsp3) is 0.364. The molecule has 1 aromatic carbocycles. The highest BCUT2D eigenvalue weighted by Crippen LogP contribution is 2.25. The maximum Gasteiger partial charge on any atom is 0.168 e. The SMILES string of the molecule is Cn1c(SCCCN)nc2cc(Cl)ccc21. The fourth-order valence-electron chi connectivity index (χ4n) is 1.53. The molecular weight excluding hydrogens is 242 g/mol. The van der Waals surface area contributed by atoms with Crippen LogP contribution in [0, 0.1) is 0 Å². The Bertz CT molecular complexity index is 495. The van der Waals surface area contributed by atoms with Gasteiger partial charge in [0, 0.05) is 17.8 Å². The number of hydrogen-bond acceptors (Lipinski definition) is 3.